The minimum absolute atomic E-state index is 0.0606. The van der Waals surface area contributed by atoms with E-state index in [0.29, 0.717) is 17.0 Å². The van der Waals surface area contributed by atoms with Gasteiger partial charge in [0.25, 0.3) is 0 Å². The molecule has 0 bridgehead atoms. The molecule has 0 spiro atoms. The molecule has 0 aliphatic rings. The third kappa shape index (κ3) is 3.81. The van der Waals surface area contributed by atoms with Gasteiger partial charge in [0.1, 0.15) is 5.82 Å². The Hall–Kier alpha value is -0.900. The Kier molecular flexibility index (Phi) is 5.58. The number of nitrogens with one attached hydrogen (secondary N) is 1. The van der Waals surface area contributed by atoms with Crippen molar-refractivity contribution in [2.75, 3.05) is 6.54 Å². The standard InChI is InChI=1S/C16H16BrClFN/c1-2-20-16(10-11-5-3-4-6-15(11)19)12-7-8-14(18)13(17)9-12/h3-9,16,20H,2,10H2,1H3. The van der Waals surface area contributed by atoms with Crippen LogP contribution in [0, 0.1) is 5.82 Å². The van der Waals surface area contributed by atoms with E-state index in [1.807, 2.05) is 37.3 Å². The van der Waals surface area contributed by atoms with Crippen molar-refractivity contribution in [2.24, 2.45) is 0 Å². The topological polar surface area (TPSA) is 12.0 Å². The van der Waals surface area contributed by atoms with Crippen LogP contribution < -0.4 is 5.32 Å². The summed E-state index contributed by atoms with van der Waals surface area (Å²) < 4.78 is 14.6. The summed E-state index contributed by atoms with van der Waals surface area (Å²) in [5.41, 5.74) is 1.80. The zero-order valence-electron chi connectivity index (χ0n) is 11.2. The van der Waals surface area contributed by atoms with Crippen LogP contribution in [0.2, 0.25) is 5.02 Å². The summed E-state index contributed by atoms with van der Waals surface area (Å²) in [5, 5.41) is 4.07. The lowest BCUT2D eigenvalue weighted by molar-refractivity contribution is 0.528. The Morgan fingerprint density at radius 3 is 2.65 bits per heavy atom. The lowest BCUT2D eigenvalue weighted by atomic mass is 9.98. The molecule has 1 unspecified atom stereocenters. The second-order valence-corrected chi connectivity index (χ2v) is 5.84. The van der Waals surface area contributed by atoms with Crippen LogP contribution in [0.3, 0.4) is 0 Å². The number of halogens is 3. The summed E-state index contributed by atoms with van der Waals surface area (Å²) in [7, 11) is 0. The highest BCUT2D eigenvalue weighted by atomic mass is 79.9. The smallest absolute Gasteiger partial charge is 0.126 e. The van der Waals surface area contributed by atoms with Gasteiger partial charge in [0.15, 0.2) is 0 Å². The van der Waals surface area contributed by atoms with E-state index in [2.05, 4.69) is 21.2 Å². The molecule has 20 heavy (non-hydrogen) atoms. The van der Waals surface area contributed by atoms with E-state index in [1.165, 1.54) is 6.07 Å². The van der Waals surface area contributed by atoms with Gasteiger partial charge in [-0.1, -0.05) is 42.8 Å². The van der Waals surface area contributed by atoms with E-state index in [-0.39, 0.29) is 11.9 Å². The van der Waals surface area contributed by atoms with E-state index < -0.39 is 0 Å². The monoisotopic (exact) mass is 355 g/mol. The van der Waals surface area contributed by atoms with E-state index in [4.69, 9.17) is 11.6 Å². The Balaban J connectivity index is 2.27. The summed E-state index contributed by atoms with van der Waals surface area (Å²) in [6.45, 7) is 2.86. The van der Waals surface area contributed by atoms with Crippen LogP contribution in [0.4, 0.5) is 4.39 Å². The van der Waals surface area contributed by atoms with Gasteiger partial charge < -0.3 is 5.32 Å². The molecule has 0 aliphatic carbocycles. The van der Waals surface area contributed by atoms with Gasteiger partial charge in [0.05, 0.1) is 5.02 Å². The van der Waals surface area contributed by atoms with Gasteiger partial charge >= 0.3 is 0 Å². The molecule has 0 aromatic heterocycles. The van der Waals surface area contributed by atoms with Crippen molar-refractivity contribution < 1.29 is 4.39 Å². The maximum absolute atomic E-state index is 13.8. The zero-order chi connectivity index (χ0) is 14.5. The summed E-state index contributed by atoms with van der Waals surface area (Å²) in [5.74, 6) is -0.163. The highest BCUT2D eigenvalue weighted by molar-refractivity contribution is 9.10. The van der Waals surface area contributed by atoms with Crippen molar-refractivity contribution in [3.05, 3.63) is 68.9 Å². The lowest BCUT2D eigenvalue weighted by Gasteiger charge is -2.19. The number of hydrogen-bond donors (Lipinski definition) is 1. The molecule has 0 radical (unpaired) electrons. The van der Waals surface area contributed by atoms with Gasteiger partial charge in [-0.05, 0) is 58.2 Å². The molecule has 0 heterocycles. The SMILES string of the molecule is CCNC(Cc1ccccc1F)c1ccc(Cl)c(Br)c1. The molecule has 4 heteroatoms. The van der Waals surface area contributed by atoms with E-state index >= 15 is 0 Å². The van der Waals surface area contributed by atoms with Gasteiger partial charge in [-0.25, -0.2) is 4.39 Å². The maximum Gasteiger partial charge on any atom is 0.126 e. The van der Waals surface area contributed by atoms with Crippen LogP contribution in [-0.4, -0.2) is 6.54 Å². The molecule has 2 rings (SSSR count). The Morgan fingerprint density at radius 2 is 2.00 bits per heavy atom. The Morgan fingerprint density at radius 1 is 1.25 bits per heavy atom. The molecule has 1 N–H and O–H groups in total. The molecule has 0 saturated heterocycles. The van der Waals surface area contributed by atoms with E-state index in [0.717, 1.165) is 16.6 Å². The summed E-state index contributed by atoms with van der Waals surface area (Å²) in [6, 6.07) is 12.8. The highest BCUT2D eigenvalue weighted by Crippen LogP contribution is 2.28. The largest absolute Gasteiger partial charge is 0.310 e. The van der Waals surface area contributed by atoms with Crippen LogP contribution in [-0.2, 0) is 6.42 Å². The zero-order valence-corrected chi connectivity index (χ0v) is 13.5. The van der Waals surface area contributed by atoms with Crippen molar-refractivity contribution in [2.45, 2.75) is 19.4 Å². The fourth-order valence-electron chi connectivity index (χ4n) is 2.17. The van der Waals surface area contributed by atoms with Gasteiger partial charge in [-0.2, -0.15) is 0 Å². The van der Waals surface area contributed by atoms with Crippen molar-refractivity contribution >= 4 is 27.5 Å². The van der Waals surface area contributed by atoms with Crippen LogP contribution in [0.1, 0.15) is 24.1 Å². The van der Waals surface area contributed by atoms with Gasteiger partial charge in [0, 0.05) is 10.5 Å². The first-order chi connectivity index (χ1) is 9.61. The predicted molar refractivity (Wildman–Crippen MR) is 85.7 cm³/mol. The van der Waals surface area contributed by atoms with E-state index in [9.17, 15) is 4.39 Å². The molecule has 1 atom stereocenters. The van der Waals surface area contributed by atoms with Crippen molar-refractivity contribution in [3.8, 4) is 0 Å². The normalized spacial score (nSPS) is 12.4. The molecule has 0 fully saturated rings. The van der Waals surface area contributed by atoms with Gasteiger partial charge in [-0.15, -0.1) is 0 Å². The van der Waals surface area contributed by atoms with Gasteiger partial charge in [0.2, 0.25) is 0 Å². The fourth-order valence-corrected chi connectivity index (χ4v) is 2.68. The van der Waals surface area contributed by atoms with Gasteiger partial charge in [-0.3, -0.25) is 0 Å². The molecule has 0 amide bonds. The third-order valence-corrected chi connectivity index (χ3v) is 4.39. The number of rotatable bonds is 5. The van der Waals surface area contributed by atoms with Crippen LogP contribution in [0.25, 0.3) is 0 Å². The first-order valence-corrected chi connectivity index (χ1v) is 7.70. The quantitative estimate of drug-likeness (QED) is 0.782. The average Bonchev–Trinajstić information content (AvgIpc) is 2.44. The molecule has 0 aliphatic heterocycles. The maximum atomic E-state index is 13.8. The molecule has 2 aromatic carbocycles. The summed E-state index contributed by atoms with van der Waals surface area (Å²) >= 11 is 9.45. The Labute approximate surface area is 132 Å². The predicted octanol–water partition coefficient (Wildman–Crippen LogP) is 5.13. The second-order valence-electron chi connectivity index (χ2n) is 4.58. The molecule has 1 nitrogen and oxygen atoms in total. The molecular weight excluding hydrogens is 341 g/mol. The average molecular weight is 357 g/mol. The minimum atomic E-state index is -0.163. The first-order valence-electron chi connectivity index (χ1n) is 6.53. The number of likely N-dealkylation sites (N-methyl/N-ethyl adjacent to an activating group) is 1. The number of hydrogen-bond acceptors (Lipinski definition) is 1. The lowest BCUT2D eigenvalue weighted by Crippen LogP contribution is -2.23. The highest BCUT2D eigenvalue weighted by Gasteiger charge is 2.14. The fraction of sp³-hybridized carbons (Fsp3) is 0.250. The third-order valence-electron chi connectivity index (χ3n) is 3.18. The molecule has 0 saturated carbocycles. The van der Waals surface area contributed by atoms with Crippen LogP contribution in [0.15, 0.2) is 46.9 Å². The first kappa shape index (κ1) is 15.5. The van der Waals surface area contributed by atoms with E-state index in [1.54, 1.807) is 6.07 Å². The van der Waals surface area contributed by atoms with Crippen LogP contribution >= 0.6 is 27.5 Å². The van der Waals surface area contributed by atoms with Crippen LogP contribution in [0.5, 0.6) is 0 Å². The molecular formula is C16H16BrClFN. The molecule has 2 aromatic rings. The minimum Gasteiger partial charge on any atom is -0.310 e. The second kappa shape index (κ2) is 7.21. The number of benzene rings is 2. The van der Waals surface area contributed by atoms with Crippen molar-refractivity contribution in [3.63, 3.8) is 0 Å². The summed E-state index contributed by atoms with van der Waals surface area (Å²) in [4.78, 5) is 0. The Bertz CT molecular complexity index is 588. The van der Waals surface area contributed by atoms with Crippen molar-refractivity contribution in [1.29, 1.82) is 0 Å². The molecule has 106 valence electrons. The summed E-state index contributed by atoms with van der Waals surface area (Å²) in [6.07, 6.45) is 0.606. The van der Waals surface area contributed by atoms with Crippen molar-refractivity contribution in [1.82, 2.24) is 5.32 Å².